The number of carbonyl (C=O) groups is 1. The normalized spacial score (nSPS) is 12.2. The SMILES string of the molecule is CC(OC(=O)c1ccc(-c2ccccc2)cc1)C(F)F. The van der Waals surface area contributed by atoms with E-state index in [1.807, 2.05) is 30.3 Å². The number of alkyl halides is 2. The molecule has 2 aromatic rings. The smallest absolute Gasteiger partial charge is 0.338 e. The van der Waals surface area contributed by atoms with Gasteiger partial charge < -0.3 is 4.74 Å². The van der Waals surface area contributed by atoms with Gasteiger partial charge in [0.2, 0.25) is 0 Å². The van der Waals surface area contributed by atoms with E-state index >= 15 is 0 Å². The lowest BCUT2D eigenvalue weighted by Gasteiger charge is -2.12. The average Bonchev–Trinajstić information content (AvgIpc) is 2.48. The molecule has 0 N–H and O–H groups in total. The van der Waals surface area contributed by atoms with Crippen LogP contribution in [0.2, 0.25) is 0 Å². The van der Waals surface area contributed by atoms with Gasteiger partial charge in [-0.05, 0) is 30.2 Å². The quantitative estimate of drug-likeness (QED) is 0.784. The van der Waals surface area contributed by atoms with Crippen LogP contribution in [0.1, 0.15) is 17.3 Å². The van der Waals surface area contributed by atoms with E-state index in [2.05, 4.69) is 4.74 Å². The fraction of sp³-hybridized carbons (Fsp3) is 0.188. The van der Waals surface area contributed by atoms with Crippen molar-refractivity contribution in [3.63, 3.8) is 0 Å². The lowest BCUT2D eigenvalue weighted by molar-refractivity contribution is -0.0250. The minimum atomic E-state index is -2.68. The molecule has 20 heavy (non-hydrogen) atoms. The summed E-state index contributed by atoms with van der Waals surface area (Å²) in [6.07, 6.45) is -4.08. The minimum Gasteiger partial charge on any atom is -0.453 e. The molecule has 0 aliphatic rings. The van der Waals surface area contributed by atoms with E-state index in [4.69, 9.17) is 0 Å². The molecule has 0 saturated carbocycles. The fourth-order valence-corrected chi connectivity index (χ4v) is 1.72. The van der Waals surface area contributed by atoms with Crippen molar-refractivity contribution in [2.45, 2.75) is 19.5 Å². The maximum atomic E-state index is 12.3. The van der Waals surface area contributed by atoms with Gasteiger partial charge >= 0.3 is 5.97 Å². The summed E-state index contributed by atoms with van der Waals surface area (Å²) in [4.78, 5) is 11.7. The van der Waals surface area contributed by atoms with Crippen LogP contribution in [-0.2, 0) is 4.74 Å². The Kier molecular flexibility index (Phi) is 4.45. The minimum absolute atomic E-state index is 0.261. The molecule has 2 aromatic carbocycles. The number of rotatable bonds is 4. The third-order valence-electron chi connectivity index (χ3n) is 2.88. The Morgan fingerprint density at radius 1 is 0.950 bits per heavy atom. The van der Waals surface area contributed by atoms with Gasteiger partial charge in [-0.2, -0.15) is 0 Å². The van der Waals surface area contributed by atoms with Gasteiger partial charge in [0.1, 0.15) is 0 Å². The van der Waals surface area contributed by atoms with E-state index in [1.165, 1.54) is 6.92 Å². The van der Waals surface area contributed by atoms with Crippen molar-refractivity contribution in [2.24, 2.45) is 0 Å². The second-order valence-corrected chi connectivity index (χ2v) is 4.39. The summed E-state index contributed by atoms with van der Waals surface area (Å²) in [5.74, 6) is -0.739. The summed E-state index contributed by atoms with van der Waals surface area (Å²) < 4.78 is 29.3. The number of carbonyl (C=O) groups excluding carboxylic acids is 1. The molecule has 1 unspecified atom stereocenters. The predicted molar refractivity (Wildman–Crippen MR) is 72.8 cm³/mol. The second-order valence-electron chi connectivity index (χ2n) is 4.39. The maximum Gasteiger partial charge on any atom is 0.338 e. The topological polar surface area (TPSA) is 26.3 Å². The molecule has 0 spiro atoms. The van der Waals surface area contributed by atoms with E-state index in [0.717, 1.165) is 11.1 Å². The third kappa shape index (κ3) is 3.41. The zero-order valence-electron chi connectivity index (χ0n) is 10.9. The van der Waals surface area contributed by atoms with E-state index in [1.54, 1.807) is 24.3 Å². The molecule has 0 aliphatic carbocycles. The van der Waals surface area contributed by atoms with E-state index in [9.17, 15) is 13.6 Å². The Morgan fingerprint density at radius 2 is 1.50 bits per heavy atom. The van der Waals surface area contributed by atoms with Crippen LogP contribution >= 0.6 is 0 Å². The van der Waals surface area contributed by atoms with Crippen LogP contribution < -0.4 is 0 Å². The standard InChI is InChI=1S/C16H14F2O2/c1-11(15(17)18)20-16(19)14-9-7-13(8-10-14)12-5-3-2-4-6-12/h2-11,15H,1H3. The first kappa shape index (κ1) is 14.2. The molecule has 0 aromatic heterocycles. The fourth-order valence-electron chi connectivity index (χ4n) is 1.72. The van der Waals surface area contributed by atoms with Crippen LogP contribution in [0.4, 0.5) is 8.78 Å². The van der Waals surface area contributed by atoms with Crippen molar-refractivity contribution < 1.29 is 18.3 Å². The molecule has 2 rings (SSSR count). The van der Waals surface area contributed by atoms with Crippen LogP contribution in [0.25, 0.3) is 11.1 Å². The van der Waals surface area contributed by atoms with Crippen LogP contribution in [-0.4, -0.2) is 18.5 Å². The van der Waals surface area contributed by atoms with Crippen molar-refractivity contribution in [1.82, 2.24) is 0 Å². The lowest BCUT2D eigenvalue weighted by Crippen LogP contribution is -2.22. The highest BCUT2D eigenvalue weighted by molar-refractivity contribution is 5.90. The van der Waals surface area contributed by atoms with Gasteiger partial charge in [0, 0.05) is 0 Å². The summed E-state index contributed by atoms with van der Waals surface area (Å²) in [6.45, 7) is 1.17. The molecule has 0 amide bonds. The Hall–Kier alpha value is -2.23. The van der Waals surface area contributed by atoms with Gasteiger partial charge in [-0.15, -0.1) is 0 Å². The highest BCUT2D eigenvalue weighted by Gasteiger charge is 2.20. The number of ether oxygens (including phenoxy) is 1. The van der Waals surface area contributed by atoms with Gasteiger partial charge in [0.25, 0.3) is 6.43 Å². The molecule has 0 heterocycles. The summed E-state index contributed by atoms with van der Waals surface area (Å²) in [6, 6.07) is 16.3. The summed E-state index contributed by atoms with van der Waals surface area (Å²) in [5.41, 5.74) is 2.23. The second kappa shape index (κ2) is 6.28. The molecular weight excluding hydrogens is 262 g/mol. The first-order valence-electron chi connectivity index (χ1n) is 6.22. The molecule has 104 valence electrons. The van der Waals surface area contributed by atoms with E-state index < -0.39 is 18.5 Å². The predicted octanol–water partition coefficient (Wildman–Crippen LogP) is 4.16. The van der Waals surface area contributed by atoms with E-state index in [-0.39, 0.29) is 5.56 Å². The van der Waals surface area contributed by atoms with Crippen molar-refractivity contribution in [3.05, 3.63) is 60.2 Å². The highest BCUT2D eigenvalue weighted by Crippen LogP contribution is 2.20. The summed E-state index contributed by atoms with van der Waals surface area (Å²) >= 11 is 0. The third-order valence-corrected chi connectivity index (χ3v) is 2.88. The van der Waals surface area contributed by atoms with E-state index in [0.29, 0.717) is 0 Å². The summed E-state index contributed by atoms with van der Waals surface area (Å²) in [5, 5.41) is 0. The van der Waals surface area contributed by atoms with Gasteiger partial charge in [0.15, 0.2) is 6.10 Å². The monoisotopic (exact) mass is 276 g/mol. The molecule has 0 fully saturated rings. The van der Waals surface area contributed by atoms with Crippen LogP contribution in [0, 0.1) is 0 Å². The van der Waals surface area contributed by atoms with Crippen molar-refractivity contribution in [1.29, 1.82) is 0 Å². The Bertz CT molecular complexity index is 565. The zero-order valence-corrected chi connectivity index (χ0v) is 10.9. The molecular formula is C16H14F2O2. The maximum absolute atomic E-state index is 12.3. The van der Waals surface area contributed by atoms with Gasteiger partial charge in [-0.25, -0.2) is 13.6 Å². The van der Waals surface area contributed by atoms with Gasteiger partial charge in [-0.3, -0.25) is 0 Å². The molecule has 0 radical (unpaired) electrons. The van der Waals surface area contributed by atoms with Crippen molar-refractivity contribution in [3.8, 4) is 11.1 Å². The Labute approximate surface area is 116 Å². The zero-order chi connectivity index (χ0) is 14.5. The Morgan fingerprint density at radius 3 is 2.05 bits per heavy atom. The van der Waals surface area contributed by atoms with Crippen LogP contribution in [0.15, 0.2) is 54.6 Å². The molecule has 1 atom stereocenters. The molecule has 0 bridgehead atoms. The lowest BCUT2D eigenvalue weighted by atomic mass is 10.0. The first-order valence-corrected chi connectivity index (χ1v) is 6.22. The number of esters is 1. The number of benzene rings is 2. The Balaban J connectivity index is 2.11. The summed E-state index contributed by atoms with van der Waals surface area (Å²) in [7, 11) is 0. The molecule has 0 aliphatic heterocycles. The molecule has 2 nitrogen and oxygen atoms in total. The van der Waals surface area contributed by atoms with Crippen molar-refractivity contribution >= 4 is 5.97 Å². The first-order chi connectivity index (χ1) is 9.58. The van der Waals surface area contributed by atoms with Gasteiger partial charge in [0.05, 0.1) is 5.56 Å². The highest BCUT2D eigenvalue weighted by atomic mass is 19.3. The average molecular weight is 276 g/mol. The van der Waals surface area contributed by atoms with Crippen LogP contribution in [0.5, 0.6) is 0 Å². The van der Waals surface area contributed by atoms with Crippen molar-refractivity contribution in [2.75, 3.05) is 0 Å². The van der Waals surface area contributed by atoms with Crippen LogP contribution in [0.3, 0.4) is 0 Å². The largest absolute Gasteiger partial charge is 0.453 e. The molecule has 4 heteroatoms. The number of hydrogen-bond acceptors (Lipinski definition) is 2. The molecule has 0 saturated heterocycles. The number of halogens is 2. The van der Waals surface area contributed by atoms with Gasteiger partial charge in [-0.1, -0.05) is 42.5 Å². The number of hydrogen-bond donors (Lipinski definition) is 0.